The smallest absolute Gasteiger partial charge is 0.358 e. The molecule has 4 fully saturated rings. The first-order chi connectivity index (χ1) is 18.0. The molecule has 17 heteroatoms. The molecular formula is C21H26FN8O6S2+. The van der Waals surface area contributed by atoms with Crippen LogP contribution >= 0.6 is 23.3 Å². The van der Waals surface area contributed by atoms with Crippen LogP contribution in [0.3, 0.4) is 0 Å². The number of rotatable bonds is 8. The second-order valence-electron chi connectivity index (χ2n) is 9.71. The third kappa shape index (κ3) is 3.99. The van der Waals surface area contributed by atoms with E-state index in [0.29, 0.717) is 49.1 Å². The number of thioether (sulfide) groups is 1. The van der Waals surface area contributed by atoms with Gasteiger partial charge in [-0.3, -0.25) is 23.8 Å². The molecule has 1 unspecified atom stereocenters. The Hall–Kier alpha value is -3.31. The van der Waals surface area contributed by atoms with E-state index in [1.807, 2.05) is 6.92 Å². The fraction of sp³-hybridized carbons (Fsp3) is 0.571. The van der Waals surface area contributed by atoms with Crippen LogP contribution < -0.4 is 16.8 Å². The molecular weight excluding hydrogens is 543 g/mol. The fourth-order valence-electron chi connectivity index (χ4n) is 5.93. The van der Waals surface area contributed by atoms with Gasteiger partial charge in [0.25, 0.3) is 18.7 Å². The van der Waals surface area contributed by atoms with Gasteiger partial charge in [0.1, 0.15) is 11.4 Å². The number of anilines is 1. The summed E-state index contributed by atoms with van der Waals surface area (Å²) < 4.78 is 16.8. The van der Waals surface area contributed by atoms with Crippen molar-refractivity contribution in [3.8, 4) is 0 Å². The maximum atomic E-state index is 13.3. The van der Waals surface area contributed by atoms with Crippen molar-refractivity contribution in [1.82, 2.24) is 19.6 Å². The number of quaternary nitrogens is 1. The van der Waals surface area contributed by atoms with Crippen LogP contribution in [0.15, 0.2) is 16.5 Å². The number of carbonyl (C=O) groups is 4. The Labute approximate surface area is 224 Å². The van der Waals surface area contributed by atoms with Crippen LogP contribution in [0.5, 0.6) is 0 Å². The van der Waals surface area contributed by atoms with Crippen LogP contribution in [0.1, 0.15) is 32.0 Å². The summed E-state index contributed by atoms with van der Waals surface area (Å²) in [5, 5.41) is 15.3. The molecule has 0 radical (unpaired) electrons. The summed E-state index contributed by atoms with van der Waals surface area (Å²) in [5.74, 6) is -3.25. The van der Waals surface area contributed by atoms with Crippen LogP contribution in [-0.2, 0) is 24.0 Å². The van der Waals surface area contributed by atoms with Gasteiger partial charge in [0.05, 0.1) is 30.3 Å². The van der Waals surface area contributed by atoms with E-state index < -0.39 is 47.2 Å². The zero-order chi connectivity index (χ0) is 27.4. The number of oxime groups is 1. The number of primary amides is 1. The van der Waals surface area contributed by atoms with Gasteiger partial charge in [-0.1, -0.05) is 5.16 Å². The first-order valence-electron chi connectivity index (χ1n) is 11.8. The maximum Gasteiger partial charge on any atom is 0.358 e. The van der Waals surface area contributed by atoms with E-state index in [9.17, 15) is 28.7 Å². The molecule has 0 saturated carbocycles. The minimum absolute atomic E-state index is 0.0445. The number of amides is 3. The van der Waals surface area contributed by atoms with Gasteiger partial charge in [0.2, 0.25) is 17.4 Å². The summed E-state index contributed by atoms with van der Waals surface area (Å²) in [7, 11) is 0. The number of β-lactam (4-membered cyclic amide) rings is 1. The van der Waals surface area contributed by atoms with Gasteiger partial charge in [-0.25, -0.2) is 9.18 Å². The van der Waals surface area contributed by atoms with Gasteiger partial charge in [-0.15, -0.1) is 11.8 Å². The second-order valence-corrected chi connectivity index (χ2v) is 12.0. The minimum Gasteiger partial charge on any atom is -0.476 e. The lowest BCUT2D eigenvalue weighted by Gasteiger charge is -2.58. The third-order valence-corrected chi connectivity index (χ3v) is 9.84. The molecule has 1 aromatic heterocycles. The molecule has 5 aliphatic rings. The standard InChI is InChI=1S/C21H25FN8O6S2/c1-9-13(30-5-2-21(3-6-30,4-7-30)19(23)35)12(18(33)34)29-16(32)11(17(29)37-9)25-15(31)10(27-36-8-22)14-26-20(24)38-28-14/h9,11,17H,2-8H2,1H3,(H5-,23,24,25,26,28,31,33,34,35)/p+1/b27-10-/t9?,11-,17-,21?,30?/m1/s1. The Balaban J connectivity index is 1.41. The van der Waals surface area contributed by atoms with Crippen LogP contribution in [0, 0.1) is 5.41 Å². The Bertz CT molecular complexity index is 1260. The number of aromatic nitrogens is 2. The van der Waals surface area contributed by atoms with E-state index in [-0.39, 0.29) is 27.8 Å². The molecule has 38 heavy (non-hydrogen) atoms. The summed E-state index contributed by atoms with van der Waals surface area (Å²) in [6.45, 7) is 2.25. The molecule has 3 amide bonds. The molecule has 204 valence electrons. The monoisotopic (exact) mass is 569 g/mol. The zero-order valence-corrected chi connectivity index (χ0v) is 21.9. The summed E-state index contributed by atoms with van der Waals surface area (Å²) in [5.41, 5.74) is 10.8. The van der Waals surface area contributed by atoms with Gasteiger partial charge < -0.3 is 26.7 Å². The molecule has 6 rings (SSSR count). The topological polar surface area (TPSA) is 203 Å². The van der Waals surface area contributed by atoms with Crippen LogP contribution in [-0.4, -0.2) is 96.4 Å². The van der Waals surface area contributed by atoms with E-state index in [4.69, 9.17) is 11.5 Å². The highest BCUT2D eigenvalue weighted by Crippen LogP contribution is 2.52. The lowest BCUT2D eigenvalue weighted by Crippen LogP contribution is -2.73. The number of nitrogens with one attached hydrogen (secondary N) is 1. The molecule has 6 N–H and O–H groups in total. The van der Waals surface area contributed by atoms with E-state index >= 15 is 0 Å². The van der Waals surface area contributed by atoms with Gasteiger partial charge in [0.15, 0.2) is 16.5 Å². The van der Waals surface area contributed by atoms with Crippen molar-refractivity contribution < 1.29 is 38.0 Å². The number of carbonyl (C=O) groups excluding carboxylic acids is 3. The number of piperidine rings is 3. The molecule has 14 nitrogen and oxygen atoms in total. The van der Waals surface area contributed by atoms with Gasteiger partial charge in [-0.05, 0) is 6.92 Å². The number of nitrogen functional groups attached to an aromatic ring is 1. The molecule has 0 aliphatic carbocycles. The lowest BCUT2D eigenvalue weighted by molar-refractivity contribution is -0.911. The highest BCUT2D eigenvalue weighted by Gasteiger charge is 2.62. The molecule has 6 heterocycles. The zero-order valence-electron chi connectivity index (χ0n) is 20.3. The van der Waals surface area contributed by atoms with Crippen molar-refractivity contribution in [2.24, 2.45) is 16.3 Å². The van der Waals surface area contributed by atoms with Gasteiger partial charge >= 0.3 is 5.97 Å². The quantitative estimate of drug-likeness (QED) is 0.135. The molecule has 4 saturated heterocycles. The molecule has 1 aromatic rings. The van der Waals surface area contributed by atoms with Crippen molar-refractivity contribution in [1.29, 1.82) is 0 Å². The summed E-state index contributed by atoms with van der Waals surface area (Å²) in [4.78, 5) is 60.3. The van der Waals surface area contributed by atoms with Crippen molar-refractivity contribution in [2.45, 2.75) is 42.9 Å². The maximum absolute atomic E-state index is 13.3. The van der Waals surface area contributed by atoms with E-state index in [1.165, 1.54) is 16.7 Å². The molecule has 2 bridgehead atoms. The number of nitrogens with zero attached hydrogens (tertiary/aromatic N) is 5. The van der Waals surface area contributed by atoms with Crippen molar-refractivity contribution in [3.63, 3.8) is 0 Å². The van der Waals surface area contributed by atoms with Crippen molar-refractivity contribution in [3.05, 3.63) is 17.2 Å². The number of hydrogen-bond donors (Lipinski definition) is 4. The Morgan fingerprint density at radius 3 is 2.50 bits per heavy atom. The fourth-order valence-corrected chi connectivity index (χ4v) is 7.92. The van der Waals surface area contributed by atoms with E-state index in [1.54, 1.807) is 0 Å². The number of nitrogens with two attached hydrogens (primary N) is 2. The SMILES string of the molecule is CC1S[C@@H]2[C@H](NC(=O)/C(=N\OCF)c3nsc(N)n3)C(=O)N2C(C(=O)O)=C1[N+]12CCC(C(N)=O)(CC1)CC2. The van der Waals surface area contributed by atoms with Gasteiger partial charge in [0, 0.05) is 30.8 Å². The van der Waals surface area contributed by atoms with Crippen LogP contribution in [0.4, 0.5) is 9.52 Å². The predicted octanol–water partition coefficient (Wildman–Crippen LogP) is -0.661. The van der Waals surface area contributed by atoms with Crippen LogP contribution in [0.25, 0.3) is 0 Å². The Morgan fingerprint density at radius 2 is 1.97 bits per heavy atom. The summed E-state index contributed by atoms with van der Waals surface area (Å²) >= 11 is 2.15. The number of halogens is 1. The molecule has 5 aliphatic heterocycles. The predicted molar refractivity (Wildman–Crippen MR) is 133 cm³/mol. The lowest BCUT2D eigenvalue weighted by atomic mass is 9.69. The molecule has 0 aromatic carbocycles. The number of carboxylic acid groups (broad SMARTS) is 1. The van der Waals surface area contributed by atoms with E-state index in [0.717, 1.165) is 11.5 Å². The number of aliphatic carboxylic acids is 1. The average Bonchev–Trinajstić information content (AvgIpc) is 3.33. The largest absolute Gasteiger partial charge is 0.476 e. The number of carboxylic acids is 1. The first-order valence-corrected chi connectivity index (χ1v) is 13.5. The van der Waals surface area contributed by atoms with Crippen molar-refractivity contribution in [2.75, 3.05) is 32.2 Å². The van der Waals surface area contributed by atoms with Crippen molar-refractivity contribution >= 4 is 57.8 Å². The Morgan fingerprint density at radius 1 is 1.32 bits per heavy atom. The molecule has 3 atom stereocenters. The van der Waals surface area contributed by atoms with Crippen LogP contribution in [0.2, 0.25) is 0 Å². The summed E-state index contributed by atoms with van der Waals surface area (Å²) in [6.07, 6.45) is 1.68. The first kappa shape index (κ1) is 26.3. The highest BCUT2D eigenvalue weighted by molar-refractivity contribution is 8.00. The average molecular weight is 570 g/mol. The van der Waals surface area contributed by atoms with E-state index in [2.05, 4.69) is 24.7 Å². The van der Waals surface area contributed by atoms with Gasteiger partial charge in [-0.2, -0.15) is 9.36 Å². The second kappa shape index (κ2) is 9.46. The number of hydrogen-bond acceptors (Lipinski definition) is 11. The summed E-state index contributed by atoms with van der Waals surface area (Å²) in [6, 6.07) is -1.07. The number of fused-ring (bicyclic) bond motifs is 4. The Kier molecular flexibility index (Phi) is 6.55. The normalized spacial score (nSPS) is 32.5. The highest BCUT2D eigenvalue weighted by atomic mass is 32.2. The number of alkyl halides is 1. The molecule has 0 spiro atoms. The third-order valence-electron chi connectivity index (χ3n) is 7.91. The minimum atomic E-state index is -1.31.